The van der Waals surface area contributed by atoms with E-state index in [0.29, 0.717) is 112 Å². The van der Waals surface area contributed by atoms with Crippen LogP contribution in [-0.4, -0.2) is 19.9 Å². The predicted octanol–water partition coefficient (Wildman–Crippen LogP) is 33.8. The smallest absolute Gasteiger partial charge is 0.273 e. The van der Waals surface area contributed by atoms with E-state index in [1.165, 1.54) is 47.0 Å². The monoisotopic (exact) mass is 1680 g/mol. The molecule has 0 radical (unpaired) electrons. The van der Waals surface area contributed by atoms with Crippen LogP contribution in [0.4, 0.5) is 0 Å². The van der Waals surface area contributed by atoms with Crippen molar-refractivity contribution in [3.05, 3.63) is 205 Å². The molecule has 0 amide bonds. The number of oxazole rings is 2. The van der Waals surface area contributed by atoms with Crippen molar-refractivity contribution in [2.24, 2.45) is 53.3 Å². The van der Waals surface area contributed by atoms with Crippen LogP contribution >= 0.6 is 56.7 Å². The first-order chi connectivity index (χ1) is 54.8. The summed E-state index contributed by atoms with van der Waals surface area (Å²) < 4.78 is 22.0. The Morgan fingerprint density at radius 2 is 0.761 bits per heavy atom. The van der Waals surface area contributed by atoms with Crippen molar-refractivity contribution in [3.8, 4) is 47.4 Å². The molecule has 0 unspecified atom stereocenters. The van der Waals surface area contributed by atoms with Gasteiger partial charge in [0.1, 0.15) is 33.8 Å². The summed E-state index contributed by atoms with van der Waals surface area (Å²) in [6, 6.07) is 21.3. The van der Waals surface area contributed by atoms with E-state index in [1.807, 2.05) is 96.7 Å². The minimum Gasteiger partial charge on any atom is -0.461 e. The predicted molar refractivity (Wildman–Crippen MR) is 520 cm³/mol. The molecule has 642 valence electrons. The molecule has 0 bridgehead atoms. The third-order valence-electron chi connectivity index (χ3n) is 15.9. The van der Waals surface area contributed by atoms with Crippen LogP contribution in [0.15, 0.2) is 127 Å². The lowest BCUT2D eigenvalue weighted by Gasteiger charge is -2.01. The third-order valence-corrected chi connectivity index (χ3v) is 22.5. The van der Waals surface area contributed by atoms with Crippen LogP contribution in [-0.2, 0) is 6.42 Å². The van der Waals surface area contributed by atoms with Crippen molar-refractivity contribution >= 4 is 81.0 Å². The molecule has 0 saturated carbocycles. The van der Waals surface area contributed by atoms with Gasteiger partial charge < -0.3 is 17.7 Å². The van der Waals surface area contributed by atoms with E-state index in [1.54, 1.807) is 39.9 Å². The van der Waals surface area contributed by atoms with E-state index >= 15 is 0 Å². The molecule has 0 aliphatic carbocycles. The van der Waals surface area contributed by atoms with Gasteiger partial charge in [0.15, 0.2) is 10.8 Å². The van der Waals surface area contributed by atoms with Gasteiger partial charge in [-0.25, -0.2) is 19.9 Å². The number of thiazole rings is 2. The van der Waals surface area contributed by atoms with E-state index in [4.69, 9.17) is 17.7 Å². The first-order valence-corrected chi connectivity index (χ1v) is 47.0. The van der Waals surface area contributed by atoms with Gasteiger partial charge in [0, 0.05) is 93.9 Å². The normalized spacial score (nSPS) is 11.3. The standard InChI is InChI=1S/C12H18O.C12H16O.C12H20S.C12H18S.C12H16S.C11H17NO.C11H15NO.C11H17NS.C11H15NS/c5*1-9(2)5-6-11-7-8-12(13-11)10(3)4;4*1-8(2)5-6-11-12-7-10(13-11)9(3)4/h5-10H,1-4H3;7-10H,1-4H3;7-10H,5-6H2,1-4H3;5-10H,1-4H3;7-10H,1-4H3;5-9H,1-4H3;7-9H,1-4H3;5-9H,1-4H3;7-9H,1-4H3/b6-5+;;;6-5+;;6-5+;;6-5+;. The molecule has 9 rings (SSSR count). The minimum absolute atomic E-state index is 0.356. The van der Waals surface area contributed by atoms with Gasteiger partial charge in [0.25, 0.3) is 5.89 Å². The van der Waals surface area contributed by atoms with Gasteiger partial charge in [-0.15, -0.1) is 56.7 Å². The van der Waals surface area contributed by atoms with Crippen molar-refractivity contribution in [2.75, 3.05) is 0 Å². The molecule has 0 N–H and O–H groups in total. The summed E-state index contributed by atoms with van der Waals surface area (Å²) in [6.07, 6.45) is 27.0. The van der Waals surface area contributed by atoms with Gasteiger partial charge in [-0.3, -0.25) is 0 Å². The molecule has 117 heavy (non-hydrogen) atoms. The number of furan rings is 2. The zero-order valence-electron chi connectivity index (χ0n) is 79.0. The van der Waals surface area contributed by atoms with E-state index < -0.39 is 0 Å². The molecule has 0 spiro atoms. The van der Waals surface area contributed by atoms with Crippen molar-refractivity contribution < 1.29 is 17.7 Å². The second-order valence-electron chi connectivity index (χ2n) is 35.0. The Labute approximate surface area is 734 Å². The summed E-state index contributed by atoms with van der Waals surface area (Å²) >= 11 is 9.17. The van der Waals surface area contributed by atoms with E-state index in [9.17, 15) is 0 Å². The van der Waals surface area contributed by atoms with Gasteiger partial charge in [-0.05, 0) is 175 Å². The zero-order valence-corrected chi connectivity index (χ0v) is 83.1. The Morgan fingerprint density at radius 3 is 1.22 bits per heavy atom. The number of thiophene rings is 3. The minimum atomic E-state index is 0.356. The number of rotatable bonds is 20. The van der Waals surface area contributed by atoms with Crippen LogP contribution in [0.3, 0.4) is 0 Å². The van der Waals surface area contributed by atoms with Crippen LogP contribution in [0.25, 0.3) is 24.3 Å². The maximum absolute atomic E-state index is 5.61. The number of allylic oxidation sites excluding steroid dienone is 4. The number of nitrogens with zero attached hydrogens (tertiary/aromatic N) is 4. The molecule has 9 aromatic heterocycles. The first-order valence-electron chi connectivity index (χ1n) is 42.9. The molecule has 0 aliphatic rings. The molecule has 0 fully saturated rings. The Hall–Kier alpha value is -7.46. The summed E-state index contributed by atoms with van der Waals surface area (Å²) in [5.74, 6) is 41.1. The highest BCUT2D eigenvalue weighted by molar-refractivity contribution is 7.13. The summed E-state index contributed by atoms with van der Waals surface area (Å²) in [5.41, 5.74) is 0. The van der Waals surface area contributed by atoms with Crippen molar-refractivity contribution in [2.45, 2.75) is 315 Å². The Bertz CT molecular complexity index is 3960. The number of aryl methyl sites for hydroxylation is 1. The van der Waals surface area contributed by atoms with Crippen LogP contribution in [0.5, 0.6) is 0 Å². The summed E-state index contributed by atoms with van der Waals surface area (Å²) in [5, 5.41) is 2.06. The molecular weight excluding hydrogens is 1530 g/mol. The Morgan fingerprint density at radius 1 is 0.316 bits per heavy atom. The number of hydrogen-bond acceptors (Lipinski definition) is 13. The second-order valence-corrected chi connectivity index (χ2v) is 40.6. The quantitative estimate of drug-likeness (QED) is 0.0695. The van der Waals surface area contributed by atoms with Gasteiger partial charge in [0.2, 0.25) is 5.89 Å². The van der Waals surface area contributed by atoms with E-state index in [0.717, 1.165) is 50.5 Å². The van der Waals surface area contributed by atoms with Crippen LogP contribution in [0.2, 0.25) is 0 Å². The Kier molecular flexibility index (Phi) is 54.5. The molecule has 8 nitrogen and oxygen atoms in total. The largest absolute Gasteiger partial charge is 0.461 e. The number of hydrogen-bond donors (Lipinski definition) is 0. The third kappa shape index (κ3) is 51.6. The molecule has 9 heterocycles. The van der Waals surface area contributed by atoms with Gasteiger partial charge in [-0.2, -0.15) is 0 Å². The SMILES string of the molecule is CC(C)/C=C/c1ccc(C(C)C)o1.CC(C)/C=C/c1ccc(C(C)C)s1.CC(C)/C=C/c1ncc(C(C)C)o1.CC(C)/C=C/c1ncc(C(C)C)s1.CC(C)C#Cc1ccc(C(C)C)o1.CC(C)C#Cc1ccc(C(C)C)s1.CC(C)C#Cc1ncc(C(C)C)o1.CC(C)C#Cc1ncc(C(C)C)s1.CC(C)CCc1ccc(C(C)C)s1. The summed E-state index contributed by atoms with van der Waals surface area (Å²) in [4.78, 5) is 28.0. The fraction of sp³-hybridized carbons (Fsp3) is 0.538. The second kappa shape index (κ2) is 59.3. The highest BCUT2D eigenvalue weighted by atomic mass is 32.1. The molecule has 13 heteroatoms. The molecule has 0 aromatic carbocycles. The first kappa shape index (κ1) is 108. The van der Waals surface area contributed by atoms with Gasteiger partial charge in [-0.1, -0.05) is 303 Å². The fourth-order valence-electron chi connectivity index (χ4n) is 8.75. The molecule has 0 saturated heterocycles. The van der Waals surface area contributed by atoms with Crippen LogP contribution in [0.1, 0.15) is 404 Å². The lowest BCUT2D eigenvalue weighted by Crippen LogP contribution is -1.89. The lowest BCUT2D eigenvalue weighted by atomic mass is 10.1. The lowest BCUT2D eigenvalue weighted by molar-refractivity contribution is 0.472. The number of aromatic nitrogens is 4. The van der Waals surface area contributed by atoms with Gasteiger partial charge >= 0.3 is 0 Å². The highest BCUT2D eigenvalue weighted by Gasteiger charge is 2.11. The van der Waals surface area contributed by atoms with Crippen molar-refractivity contribution in [3.63, 3.8) is 0 Å². The van der Waals surface area contributed by atoms with Crippen molar-refractivity contribution in [1.29, 1.82) is 0 Å². The van der Waals surface area contributed by atoms with E-state index in [-0.39, 0.29) is 0 Å². The Balaban J connectivity index is 0.000000658. The van der Waals surface area contributed by atoms with Crippen LogP contribution in [0, 0.1) is 101 Å². The topological polar surface area (TPSA) is 104 Å². The maximum Gasteiger partial charge on any atom is 0.273 e. The van der Waals surface area contributed by atoms with Gasteiger partial charge in [0.05, 0.1) is 17.3 Å². The average Bonchev–Trinajstić information content (AvgIpc) is 1.84. The maximum atomic E-state index is 5.61. The molecule has 9 aromatic rings. The van der Waals surface area contributed by atoms with Crippen molar-refractivity contribution in [1.82, 2.24) is 19.9 Å². The van der Waals surface area contributed by atoms with E-state index in [2.05, 4.69) is 376 Å². The summed E-state index contributed by atoms with van der Waals surface area (Å²) in [6.45, 7) is 77.5. The van der Waals surface area contributed by atoms with Crippen LogP contribution < -0.4 is 0 Å². The molecular formula is C104H152N4O4S5. The average molecular weight is 1680 g/mol. The highest BCUT2D eigenvalue weighted by Crippen LogP contribution is 2.30. The zero-order chi connectivity index (χ0) is 88.6. The fourth-order valence-corrected chi connectivity index (χ4v) is 13.2. The molecule has 0 aliphatic heterocycles. The molecule has 0 atom stereocenters. The summed E-state index contributed by atoms with van der Waals surface area (Å²) in [7, 11) is 0.